The standard InChI is InChI=1S/C15H17NO4/c1-2-20-15(19)11-7-13-10(6-12(18)9-17)4-3-5-14(13)16-8-11/h3-5,7-8,12,17-18H,2,6,9H2,1H3. The maximum absolute atomic E-state index is 11.7. The summed E-state index contributed by atoms with van der Waals surface area (Å²) in [4.78, 5) is 16.0. The van der Waals surface area contributed by atoms with E-state index in [2.05, 4.69) is 4.98 Å². The van der Waals surface area contributed by atoms with E-state index in [0.717, 1.165) is 16.5 Å². The highest BCUT2D eigenvalue weighted by molar-refractivity contribution is 5.94. The molecule has 0 saturated carbocycles. The van der Waals surface area contributed by atoms with E-state index < -0.39 is 12.1 Å². The van der Waals surface area contributed by atoms with E-state index in [1.165, 1.54) is 6.20 Å². The Labute approximate surface area is 116 Å². The fraction of sp³-hybridized carbons (Fsp3) is 0.333. The maximum Gasteiger partial charge on any atom is 0.339 e. The van der Waals surface area contributed by atoms with Crippen molar-refractivity contribution in [1.82, 2.24) is 4.98 Å². The molecule has 2 N–H and O–H groups in total. The van der Waals surface area contributed by atoms with E-state index >= 15 is 0 Å². The van der Waals surface area contributed by atoms with Crippen molar-refractivity contribution in [3.05, 3.63) is 41.6 Å². The first-order valence-electron chi connectivity index (χ1n) is 6.49. The van der Waals surface area contributed by atoms with Crippen LogP contribution in [0.25, 0.3) is 10.9 Å². The Balaban J connectivity index is 2.43. The maximum atomic E-state index is 11.7. The van der Waals surface area contributed by atoms with Gasteiger partial charge in [-0.05, 0) is 24.6 Å². The Morgan fingerprint density at radius 3 is 2.95 bits per heavy atom. The highest BCUT2D eigenvalue weighted by atomic mass is 16.5. The van der Waals surface area contributed by atoms with Crippen molar-refractivity contribution >= 4 is 16.9 Å². The van der Waals surface area contributed by atoms with Crippen molar-refractivity contribution < 1.29 is 19.7 Å². The smallest absolute Gasteiger partial charge is 0.339 e. The van der Waals surface area contributed by atoms with Crippen LogP contribution in [0.2, 0.25) is 0 Å². The Bertz CT molecular complexity index is 612. The largest absolute Gasteiger partial charge is 0.462 e. The van der Waals surface area contributed by atoms with Crippen molar-refractivity contribution in [1.29, 1.82) is 0 Å². The number of hydrogen-bond donors (Lipinski definition) is 2. The molecule has 5 nitrogen and oxygen atoms in total. The number of nitrogens with zero attached hydrogens (tertiary/aromatic N) is 1. The highest BCUT2D eigenvalue weighted by Gasteiger charge is 2.12. The van der Waals surface area contributed by atoms with Crippen molar-refractivity contribution in [2.24, 2.45) is 0 Å². The first kappa shape index (κ1) is 14.4. The molecule has 2 aromatic rings. The normalized spacial score (nSPS) is 12.3. The number of rotatable bonds is 5. The van der Waals surface area contributed by atoms with Crippen LogP contribution in [-0.4, -0.2) is 40.5 Å². The molecule has 2 rings (SSSR count). The van der Waals surface area contributed by atoms with E-state index in [9.17, 15) is 9.90 Å². The van der Waals surface area contributed by atoms with Crippen LogP contribution in [0.1, 0.15) is 22.8 Å². The molecule has 1 atom stereocenters. The second-order valence-corrected chi connectivity index (χ2v) is 4.47. The average molecular weight is 275 g/mol. The summed E-state index contributed by atoms with van der Waals surface area (Å²) in [6, 6.07) is 7.22. The van der Waals surface area contributed by atoms with Crippen molar-refractivity contribution in [2.75, 3.05) is 13.2 Å². The zero-order valence-electron chi connectivity index (χ0n) is 11.2. The quantitative estimate of drug-likeness (QED) is 0.804. The molecule has 0 aliphatic rings. The minimum atomic E-state index is -0.827. The molecule has 106 valence electrons. The lowest BCUT2D eigenvalue weighted by Gasteiger charge is -2.10. The number of aliphatic hydroxyl groups excluding tert-OH is 2. The zero-order valence-corrected chi connectivity index (χ0v) is 11.2. The zero-order chi connectivity index (χ0) is 14.5. The third kappa shape index (κ3) is 3.12. The number of benzene rings is 1. The molecule has 0 fully saturated rings. The van der Waals surface area contributed by atoms with Gasteiger partial charge in [-0.1, -0.05) is 12.1 Å². The lowest BCUT2D eigenvalue weighted by Crippen LogP contribution is -2.15. The first-order valence-corrected chi connectivity index (χ1v) is 6.49. The van der Waals surface area contributed by atoms with Gasteiger partial charge in [0, 0.05) is 18.0 Å². The number of esters is 1. The van der Waals surface area contributed by atoms with Gasteiger partial charge in [0.2, 0.25) is 0 Å². The molecule has 0 bridgehead atoms. The van der Waals surface area contributed by atoms with Crippen LogP contribution in [0.15, 0.2) is 30.5 Å². The van der Waals surface area contributed by atoms with Crippen molar-refractivity contribution in [2.45, 2.75) is 19.4 Å². The third-order valence-electron chi connectivity index (χ3n) is 2.99. The molecule has 1 aromatic carbocycles. The fourth-order valence-corrected chi connectivity index (χ4v) is 2.03. The molecule has 0 aliphatic carbocycles. The second-order valence-electron chi connectivity index (χ2n) is 4.47. The Kier molecular flexibility index (Phi) is 4.65. The van der Waals surface area contributed by atoms with E-state index in [0.29, 0.717) is 18.6 Å². The van der Waals surface area contributed by atoms with E-state index in [-0.39, 0.29) is 6.61 Å². The van der Waals surface area contributed by atoms with Gasteiger partial charge in [-0.15, -0.1) is 0 Å². The minimum Gasteiger partial charge on any atom is -0.462 e. The van der Waals surface area contributed by atoms with Gasteiger partial charge < -0.3 is 14.9 Å². The van der Waals surface area contributed by atoms with Gasteiger partial charge >= 0.3 is 5.97 Å². The van der Waals surface area contributed by atoms with Gasteiger partial charge in [0.05, 0.1) is 30.4 Å². The summed E-state index contributed by atoms with van der Waals surface area (Å²) in [6.07, 6.45) is 0.959. The average Bonchev–Trinajstić information content (AvgIpc) is 2.47. The van der Waals surface area contributed by atoms with Crippen molar-refractivity contribution in [3.63, 3.8) is 0 Å². The minimum absolute atomic E-state index is 0.304. The van der Waals surface area contributed by atoms with Crippen LogP contribution < -0.4 is 0 Å². The molecule has 20 heavy (non-hydrogen) atoms. The van der Waals surface area contributed by atoms with Crippen LogP contribution in [-0.2, 0) is 11.2 Å². The molecule has 0 saturated heterocycles. The molecule has 0 radical (unpaired) electrons. The predicted octanol–water partition coefficient (Wildman–Crippen LogP) is 1.31. The fourth-order valence-electron chi connectivity index (χ4n) is 2.03. The molecule has 0 amide bonds. The highest BCUT2D eigenvalue weighted by Crippen LogP contribution is 2.20. The number of carbonyl (C=O) groups excluding carboxylic acids is 1. The lowest BCUT2D eigenvalue weighted by atomic mass is 10.0. The Hall–Kier alpha value is -1.98. The van der Waals surface area contributed by atoms with E-state index in [1.807, 2.05) is 18.2 Å². The number of ether oxygens (including phenoxy) is 1. The van der Waals surface area contributed by atoms with E-state index in [1.54, 1.807) is 13.0 Å². The second kappa shape index (κ2) is 6.45. The van der Waals surface area contributed by atoms with E-state index in [4.69, 9.17) is 9.84 Å². The summed E-state index contributed by atoms with van der Waals surface area (Å²) in [5.41, 5.74) is 1.95. The molecule has 5 heteroatoms. The van der Waals surface area contributed by atoms with Gasteiger partial charge in [-0.3, -0.25) is 4.98 Å². The van der Waals surface area contributed by atoms with Gasteiger partial charge in [-0.25, -0.2) is 4.79 Å². The topological polar surface area (TPSA) is 79.7 Å². The van der Waals surface area contributed by atoms with Gasteiger partial charge in [0.1, 0.15) is 0 Å². The molecule has 1 heterocycles. The number of hydrogen-bond acceptors (Lipinski definition) is 5. The number of aromatic nitrogens is 1. The summed E-state index contributed by atoms with van der Waals surface area (Å²) in [7, 11) is 0. The van der Waals surface area contributed by atoms with Gasteiger partial charge in [0.25, 0.3) is 0 Å². The number of carbonyl (C=O) groups is 1. The molecular weight excluding hydrogens is 258 g/mol. The SMILES string of the molecule is CCOC(=O)c1cnc2cccc(CC(O)CO)c2c1. The number of fused-ring (bicyclic) bond motifs is 1. The molecule has 0 spiro atoms. The van der Waals surface area contributed by atoms with Gasteiger partial charge in [0.15, 0.2) is 0 Å². The Morgan fingerprint density at radius 1 is 1.45 bits per heavy atom. The predicted molar refractivity (Wildman–Crippen MR) is 74.5 cm³/mol. The summed E-state index contributed by atoms with van der Waals surface area (Å²) in [5.74, 6) is -0.417. The molecular formula is C15H17NO4. The summed E-state index contributed by atoms with van der Waals surface area (Å²) in [6.45, 7) is 1.75. The van der Waals surface area contributed by atoms with Gasteiger partial charge in [-0.2, -0.15) is 0 Å². The summed E-state index contributed by atoms with van der Waals surface area (Å²) >= 11 is 0. The van der Waals surface area contributed by atoms with Crippen molar-refractivity contribution in [3.8, 4) is 0 Å². The summed E-state index contributed by atoms with van der Waals surface area (Å²) in [5, 5.41) is 19.3. The van der Waals surface area contributed by atoms with Crippen LogP contribution in [0, 0.1) is 0 Å². The first-order chi connectivity index (χ1) is 9.65. The summed E-state index contributed by atoms with van der Waals surface area (Å²) < 4.78 is 4.95. The van der Waals surface area contributed by atoms with Crippen LogP contribution in [0.4, 0.5) is 0 Å². The van der Waals surface area contributed by atoms with Crippen LogP contribution >= 0.6 is 0 Å². The monoisotopic (exact) mass is 275 g/mol. The molecule has 1 aromatic heterocycles. The van der Waals surface area contributed by atoms with Crippen LogP contribution in [0.5, 0.6) is 0 Å². The molecule has 1 unspecified atom stereocenters. The number of pyridine rings is 1. The lowest BCUT2D eigenvalue weighted by molar-refractivity contribution is 0.0526. The Morgan fingerprint density at radius 2 is 2.25 bits per heavy atom. The third-order valence-corrected chi connectivity index (χ3v) is 2.99. The van der Waals surface area contributed by atoms with Crippen LogP contribution in [0.3, 0.4) is 0 Å². The number of aliphatic hydroxyl groups is 2. The molecule has 0 aliphatic heterocycles.